The van der Waals surface area contributed by atoms with Crippen molar-refractivity contribution < 1.29 is 14.6 Å². The highest BCUT2D eigenvalue weighted by Crippen LogP contribution is 2.40. The second kappa shape index (κ2) is 8.79. The van der Waals surface area contributed by atoms with E-state index in [1.54, 1.807) is 61.5 Å². The number of aliphatic hydroxyl groups excluding tert-OH is 1. The zero-order valence-corrected chi connectivity index (χ0v) is 16.4. The maximum atomic E-state index is 12.4. The zero-order valence-electron chi connectivity index (χ0n) is 14.8. The molecule has 0 radical (unpaired) electrons. The van der Waals surface area contributed by atoms with Crippen LogP contribution >= 0.6 is 23.4 Å². The summed E-state index contributed by atoms with van der Waals surface area (Å²) in [6.45, 7) is 1.87. The molecule has 0 aliphatic carbocycles. The number of hydrogen-bond acceptors (Lipinski definition) is 6. The topological polar surface area (TPSA) is 82.7 Å². The van der Waals surface area contributed by atoms with Crippen molar-refractivity contribution in [1.29, 1.82) is 5.26 Å². The van der Waals surface area contributed by atoms with E-state index >= 15 is 0 Å². The van der Waals surface area contributed by atoms with Crippen LogP contribution in [0.1, 0.15) is 18.1 Å². The Hall–Kier alpha value is -3.01. The molecule has 0 saturated heterocycles. The maximum Gasteiger partial charge on any atom is 0.344 e. The number of thioether (sulfide) groups is 1. The van der Waals surface area contributed by atoms with Crippen LogP contribution in [-0.4, -0.2) is 22.7 Å². The molecule has 140 valence electrons. The van der Waals surface area contributed by atoms with Gasteiger partial charge < -0.3 is 9.84 Å². The predicted octanol–water partition coefficient (Wildman–Crippen LogP) is 5.40. The second-order valence-electron chi connectivity index (χ2n) is 5.69. The molecule has 2 aromatic carbocycles. The molecule has 28 heavy (non-hydrogen) atoms. The Labute approximate surface area is 171 Å². The number of hydrogen-bond donors (Lipinski definition) is 1. The van der Waals surface area contributed by atoms with Gasteiger partial charge in [0, 0.05) is 5.02 Å². The molecule has 1 N–H and O–H groups in total. The Morgan fingerprint density at radius 1 is 1.32 bits per heavy atom. The highest BCUT2D eigenvalue weighted by Gasteiger charge is 2.33. The molecule has 5 nitrogen and oxygen atoms in total. The van der Waals surface area contributed by atoms with E-state index in [0.29, 0.717) is 26.2 Å². The number of carbonyl (C=O) groups is 1. The molecule has 0 bridgehead atoms. The standard InChI is InChI=1S/C21H15ClN2O3S/c1-2-27-21(26)18-19(25)17(11-13-4-3-5-14(10-13)12-23)28-20(18)24-16-8-6-15(22)7-9-16/h3-11,25H,2H2,1H3. The normalized spacial score (nSPS) is 16.5. The SMILES string of the molecule is CCOC(=O)C1=C(O)C(=Cc2cccc(C#N)c2)SC1=Nc1ccc(Cl)cc1. The highest BCUT2D eigenvalue weighted by molar-refractivity contribution is 8.18. The molecule has 1 heterocycles. The van der Waals surface area contributed by atoms with Crippen molar-refractivity contribution in [2.75, 3.05) is 6.61 Å². The van der Waals surface area contributed by atoms with Crippen LogP contribution in [0.4, 0.5) is 5.69 Å². The average Bonchev–Trinajstić information content (AvgIpc) is 2.99. The summed E-state index contributed by atoms with van der Waals surface area (Å²) in [5, 5.41) is 20.6. The maximum absolute atomic E-state index is 12.4. The molecule has 1 aliphatic heterocycles. The first-order valence-electron chi connectivity index (χ1n) is 8.37. The lowest BCUT2D eigenvalue weighted by Crippen LogP contribution is -2.12. The van der Waals surface area contributed by atoms with Crippen LogP contribution in [0.2, 0.25) is 5.02 Å². The predicted molar refractivity (Wildman–Crippen MR) is 112 cm³/mol. The van der Waals surface area contributed by atoms with E-state index in [9.17, 15) is 9.90 Å². The van der Waals surface area contributed by atoms with Crippen molar-refractivity contribution in [2.45, 2.75) is 6.92 Å². The van der Waals surface area contributed by atoms with Gasteiger partial charge in [0.2, 0.25) is 0 Å². The zero-order chi connectivity index (χ0) is 20.1. The smallest absolute Gasteiger partial charge is 0.344 e. The van der Waals surface area contributed by atoms with E-state index in [2.05, 4.69) is 11.1 Å². The van der Waals surface area contributed by atoms with Gasteiger partial charge in [-0.05, 0) is 55.0 Å². The molecular formula is C21H15ClN2O3S. The Morgan fingerprint density at radius 2 is 2.07 bits per heavy atom. The van der Waals surface area contributed by atoms with Crippen molar-refractivity contribution >= 4 is 46.1 Å². The van der Waals surface area contributed by atoms with Crippen molar-refractivity contribution in [1.82, 2.24) is 0 Å². The Bertz CT molecular complexity index is 1050. The average molecular weight is 411 g/mol. The summed E-state index contributed by atoms with van der Waals surface area (Å²) in [6.07, 6.45) is 1.70. The minimum Gasteiger partial charge on any atom is -0.506 e. The van der Waals surface area contributed by atoms with Gasteiger partial charge in [-0.3, -0.25) is 0 Å². The molecule has 1 aliphatic rings. The Balaban J connectivity index is 2.04. The first-order valence-corrected chi connectivity index (χ1v) is 9.56. The van der Waals surface area contributed by atoms with Crippen LogP contribution in [0.5, 0.6) is 0 Å². The van der Waals surface area contributed by atoms with E-state index in [1.807, 2.05) is 0 Å². The molecule has 0 amide bonds. The fourth-order valence-electron chi connectivity index (χ4n) is 2.47. The van der Waals surface area contributed by atoms with Gasteiger partial charge in [0.05, 0.1) is 28.8 Å². The Morgan fingerprint density at radius 3 is 2.75 bits per heavy atom. The van der Waals surface area contributed by atoms with Crippen LogP contribution in [0.15, 0.2) is 69.8 Å². The first kappa shape index (κ1) is 19.7. The van der Waals surface area contributed by atoms with Gasteiger partial charge in [0.1, 0.15) is 16.4 Å². The summed E-state index contributed by atoms with van der Waals surface area (Å²) in [4.78, 5) is 17.3. The summed E-state index contributed by atoms with van der Waals surface area (Å²) < 4.78 is 5.08. The van der Waals surface area contributed by atoms with Crippen LogP contribution < -0.4 is 0 Å². The summed E-state index contributed by atoms with van der Waals surface area (Å²) in [7, 11) is 0. The lowest BCUT2D eigenvalue weighted by Gasteiger charge is -2.03. The minimum atomic E-state index is -0.644. The number of nitrogens with zero attached hydrogens (tertiary/aromatic N) is 2. The summed E-state index contributed by atoms with van der Waals surface area (Å²) in [5.41, 5.74) is 1.84. The van der Waals surface area contributed by atoms with Gasteiger partial charge in [-0.15, -0.1) is 0 Å². The third-order valence-electron chi connectivity index (χ3n) is 3.74. The summed E-state index contributed by atoms with van der Waals surface area (Å²) >= 11 is 7.06. The fourth-order valence-corrected chi connectivity index (χ4v) is 3.64. The molecule has 2 aromatic rings. The van der Waals surface area contributed by atoms with E-state index < -0.39 is 5.97 Å². The van der Waals surface area contributed by atoms with Crippen LogP contribution in [0.3, 0.4) is 0 Å². The molecule has 0 aromatic heterocycles. The lowest BCUT2D eigenvalue weighted by molar-refractivity contribution is -0.138. The number of aliphatic hydroxyl groups is 1. The van der Waals surface area contributed by atoms with Gasteiger partial charge in [-0.2, -0.15) is 5.26 Å². The van der Waals surface area contributed by atoms with Crippen molar-refractivity contribution in [2.24, 2.45) is 4.99 Å². The molecule has 0 unspecified atom stereocenters. The first-order chi connectivity index (χ1) is 13.5. The molecule has 0 saturated carbocycles. The number of halogens is 1. The molecule has 0 fully saturated rings. The van der Waals surface area contributed by atoms with Gasteiger partial charge in [0.25, 0.3) is 0 Å². The van der Waals surface area contributed by atoms with E-state index in [4.69, 9.17) is 21.6 Å². The number of ether oxygens (including phenoxy) is 1. The molecular weight excluding hydrogens is 396 g/mol. The fraction of sp³-hybridized carbons (Fsp3) is 0.0952. The van der Waals surface area contributed by atoms with E-state index in [0.717, 1.165) is 17.3 Å². The minimum absolute atomic E-state index is 0.0180. The molecule has 3 rings (SSSR count). The largest absolute Gasteiger partial charge is 0.506 e. The van der Waals surface area contributed by atoms with E-state index in [1.165, 1.54) is 0 Å². The van der Waals surface area contributed by atoms with Crippen LogP contribution in [0.25, 0.3) is 6.08 Å². The monoisotopic (exact) mass is 410 g/mol. The molecule has 7 heteroatoms. The van der Waals surface area contributed by atoms with Gasteiger partial charge >= 0.3 is 5.97 Å². The molecule has 0 atom stereocenters. The Kier molecular flexibility index (Phi) is 6.19. The summed E-state index contributed by atoms with van der Waals surface area (Å²) in [5.74, 6) is -0.840. The number of rotatable bonds is 4. The van der Waals surface area contributed by atoms with Gasteiger partial charge in [-0.25, -0.2) is 9.79 Å². The number of benzene rings is 2. The van der Waals surface area contributed by atoms with Gasteiger partial charge in [0.15, 0.2) is 0 Å². The lowest BCUT2D eigenvalue weighted by atomic mass is 10.1. The third-order valence-corrected chi connectivity index (χ3v) is 5.01. The van der Waals surface area contributed by atoms with Gasteiger partial charge in [-0.1, -0.05) is 35.5 Å². The number of aliphatic imine (C=N–C) groups is 1. The van der Waals surface area contributed by atoms with Crippen molar-refractivity contribution in [3.63, 3.8) is 0 Å². The summed E-state index contributed by atoms with van der Waals surface area (Å²) in [6, 6.07) is 15.8. The van der Waals surface area contributed by atoms with Crippen LogP contribution in [0, 0.1) is 11.3 Å². The molecule has 0 spiro atoms. The number of carbonyl (C=O) groups excluding carboxylic acids is 1. The van der Waals surface area contributed by atoms with Crippen molar-refractivity contribution in [3.8, 4) is 6.07 Å². The second-order valence-corrected chi connectivity index (χ2v) is 7.15. The third kappa shape index (κ3) is 4.45. The number of esters is 1. The highest BCUT2D eigenvalue weighted by atomic mass is 35.5. The quantitative estimate of drug-likeness (QED) is 0.682. The number of nitriles is 1. The van der Waals surface area contributed by atoms with Crippen molar-refractivity contribution in [3.05, 3.63) is 80.9 Å². The van der Waals surface area contributed by atoms with E-state index in [-0.39, 0.29) is 17.9 Å². The van der Waals surface area contributed by atoms with Crippen LogP contribution in [-0.2, 0) is 9.53 Å².